The molecule has 0 unspecified atom stereocenters. The first kappa shape index (κ1) is 26.1. The Balaban J connectivity index is 0.000000406. The number of halogens is 6. The van der Waals surface area contributed by atoms with Crippen molar-refractivity contribution < 1.29 is 25.2 Å². The third-order valence-corrected chi connectivity index (χ3v) is 7.24. The van der Waals surface area contributed by atoms with E-state index in [1.54, 1.807) is 0 Å². The Kier molecular flexibility index (Phi) is 6.36. The number of nitrogens with two attached hydrogens (primary N) is 1. The van der Waals surface area contributed by atoms with Crippen molar-refractivity contribution in [2.75, 3.05) is 38.8 Å². The second kappa shape index (κ2) is 8.29. The van der Waals surface area contributed by atoms with Gasteiger partial charge in [0.25, 0.3) is 0 Å². The molecular weight excluding hydrogens is 542 g/mol. The summed E-state index contributed by atoms with van der Waals surface area (Å²) in [6, 6.07) is 21.9. The number of fused-ring (bicyclic) bond motifs is 2. The van der Waals surface area contributed by atoms with Crippen molar-refractivity contribution in [3.05, 3.63) is 66.0 Å². The fraction of sp³-hybridized carbons (Fsp3) is 0.174. The van der Waals surface area contributed by atoms with Crippen LogP contribution in [0.15, 0.2) is 60.7 Å². The Morgan fingerprint density at radius 1 is 0.853 bits per heavy atom. The SMILES string of the molecule is CN(C)c1ccc2c(-c3cccc(N)c3)c3ccc(=[N+](C)C)cc-3[se]c2c1.F[P-](F)(F)(F)(F)F. The van der Waals surface area contributed by atoms with Gasteiger partial charge in [0.2, 0.25) is 0 Å². The topological polar surface area (TPSA) is 32.3 Å². The fourth-order valence-corrected chi connectivity index (χ4v) is 5.86. The molecule has 2 aliphatic rings. The minimum absolute atomic E-state index is 0.270. The van der Waals surface area contributed by atoms with Crippen LogP contribution in [-0.4, -0.2) is 42.7 Å². The van der Waals surface area contributed by atoms with Crippen LogP contribution in [0.5, 0.6) is 0 Å². The van der Waals surface area contributed by atoms with Gasteiger partial charge >= 0.3 is 199 Å². The Morgan fingerprint density at radius 3 is 2.06 bits per heavy atom. The molecule has 11 heteroatoms. The van der Waals surface area contributed by atoms with E-state index in [1.807, 2.05) is 12.1 Å². The first-order valence-electron chi connectivity index (χ1n) is 9.99. The van der Waals surface area contributed by atoms with E-state index in [0.29, 0.717) is 0 Å². The average molecular weight is 566 g/mol. The molecule has 2 N–H and O–H groups in total. The van der Waals surface area contributed by atoms with Gasteiger partial charge in [-0.15, -0.1) is 0 Å². The van der Waals surface area contributed by atoms with E-state index in [2.05, 4.69) is 86.2 Å². The molecule has 1 heterocycles. The number of nitrogen functional groups attached to an aromatic ring is 1. The molecule has 0 saturated heterocycles. The van der Waals surface area contributed by atoms with Crippen LogP contribution in [0.2, 0.25) is 0 Å². The van der Waals surface area contributed by atoms with Crippen molar-refractivity contribution in [3.8, 4) is 21.1 Å². The summed E-state index contributed by atoms with van der Waals surface area (Å²) in [5, 5.41) is 2.58. The zero-order chi connectivity index (χ0) is 25.5. The van der Waals surface area contributed by atoms with Gasteiger partial charge in [-0.25, -0.2) is 0 Å². The summed E-state index contributed by atoms with van der Waals surface area (Å²) >= 11 is 0.270. The van der Waals surface area contributed by atoms with Crippen molar-refractivity contribution >= 4 is 43.3 Å². The summed E-state index contributed by atoms with van der Waals surface area (Å²) < 4.78 is 64.2. The predicted molar refractivity (Wildman–Crippen MR) is 132 cm³/mol. The number of hydrogen-bond acceptors (Lipinski definition) is 2. The molecule has 2 aromatic carbocycles. The molecule has 0 bridgehead atoms. The van der Waals surface area contributed by atoms with Gasteiger partial charge < -0.3 is 0 Å². The molecule has 0 fully saturated rings. The van der Waals surface area contributed by atoms with Gasteiger partial charge in [-0.1, -0.05) is 0 Å². The monoisotopic (exact) mass is 567 g/mol. The molecule has 184 valence electrons. The van der Waals surface area contributed by atoms with E-state index in [0.717, 1.165) is 5.69 Å². The molecule has 0 spiro atoms. The van der Waals surface area contributed by atoms with E-state index in [-0.39, 0.29) is 14.5 Å². The van der Waals surface area contributed by atoms with Crippen LogP contribution in [0, 0.1) is 0 Å². The van der Waals surface area contributed by atoms with Gasteiger partial charge in [0.1, 0.15) is 0 Å². The number of anilines is 2. The molecular formula is C23H24F6N3PSe. The van der Waals surface area contributed by atoms with Crippen molar-refractivity contribution in [2.45, 2.75) is 0 Å². The van der Waals surface area contributed by atoms with Crippen LogP contribution >= 0.6 is 7.81 Å². The third-order valence-electron chi connectivity index (χ3n) is 4.90. The number of rotatable bonds is 2. The van der Waals surface area contributed by atoms with Crippen LogP contribution in [0.25, 0.3) is 30.8 Å². The normalized spacial score (nSPS) is 13.6. The van der Waals surface area contributed by atoms with Gasteiger partial charge in [-0.2, -0.15) is 0 Å². The Hall–Kier alpha value is -2.54. The average Bonchev–Trinajstić information content (AvgIpc) is 2.68. The van der Waals surface area contributed by atoms with E-state index in [1.165, 1.54) is 41.8 Å². The Bertz CT molecular complexity index is 1400. The standard InChI is InChI=1S/C23H24N3Se.F6P/c1-25(2)17-8-10-19-21(13-17)27-22-14-18(26(3)4)9-11-20(22)23(19)15-6-5-7-16(24)12-15;1-7(2,3,4,5)6/h5-14H,24H2,1-4H3;/q+1;-1. The van der Waals surface area contributed by atoms with Crippen LogP contribution in [0.4, 0.5) is 36.6 Å². The maximum atomic E-state index is 9.87. The van der Waals surface area contributed by atoms with Crippen LogP contribution in [0.3, 0.4) is 0 Å². The molecule has 3 nitrogen and oxygen atoms in total. The van der Waals surface area contributed by atoms with Gasteiger partial charge in [0.15, 0.2) is 0 Å². The van der Waals surface area contributed by atoms with Crippen molar-refractivity contribution in [1.29, 1.82) is 0 Å². The van der Waals surface area contributed by atoms with Crippen molar-refractivity contribution in [1.82, 2.24) is 4.58 Å². The molecule has 0 amide bonds. The summed E-state index contributed by atoms with van der Waals surface area (Å²) in [6.45, 7) is 0. The number of hydrogen-bond donors (Lipinski definition) is 1. The second-order valence-corrected chi connectivity index (χ2v) is 12.4. The van der Waals surface area contributed by atoms with Crippen LogP contribution in [-0.2, 0) is 0 Å². The molecule has 1 aliphatic heterocycles. The first-order chi connectivity index (χ1) is 15.4. The molecule has 2 aromatic rings. The van der Waals surface area contributed by atoms with Gasteiger partial charge in [-0.3, -0.25) is 0 Å². The zero-order valence-corrected chi connectivity index (χ0v) is 21.5. The zero-order valence-electron chi connectivity index (χ0n) is 18.9. The summed E-state index contributed by atoms with van der Waals surface area (Å²) in [4.78, 5) is 2.17. The van der Waals surface area contributed by atoms with Gasteiger partial charge in [0.05, 0.1) is 0 Å². The molecule has 0 aromatic heterocycles. The summed E-state index contributed by atoms with van der Waals surface area (Å²) in [5.74, 6) is 0. The minimum atomic E-state index is -10.7. The van der Waals surface area contributed by atoms with Gasteiger partial charge in [-0.05, 0) is 0 Å². The summed E-state index contributed by atoms with van der Waals surface area (Å²) in [5.41, 5.74) is 12.0. The summed E-state index contributed by atoms with van der Waals surface area (Å²) in [6.07, 6.45) is 0. The quantitative estimate of drug-likeness (QED) is 0.0729. The summed E-state index contributed by atoms with van der Waals surface area (Å²) in [7, 11) is -2.28. The van der Waals surface area contributed by atoms with Crippen molar-refractivity contribution in [3.63, 3.8) is 0 Å². The van der Waals surface area contributed by atoms with E-state index in [9.17, 15) is 25.2 Å². The molecule has 4 rings (SSSR count). The van der Waals surface area contributed by atoms with Crippen LogP contribution < -0.4 is 20.6 Å². The van der Waals surface area contributed by atoms with E-state index >= 15 is 0 Å². The van der Waals surface area contributed by atoms with Crippen molar-refractivity contribution in [2.24, 2.45) is 0 Å². The van der Waals surface area contributed by atoms with Crippen LogP contribution in [0.1, 0.15) is 0 Å². The maximum absolute atomic E-state index is 10.7. The van der Waals surface area contributed by atoms with E-state index < -0.39 is 7.81 Å². The fourth-order valence-electron chi connectivity index (χ4n) is 3.43. The molecule has 1 aliphatic carbocycles. The van der Waals surface area contributed by atoms with E-state index in [4.69, 9.17) is 5.73 Å². The van der Waals surface area contributed by atoms with Gasteiger partial charge in [0, 0.05) is 0 Å². The first-order valence-corrected chi connectivity index (χ1v) is 13.7. The Labute approximate surface area is 199 Å². The predicted octanol–water partition coefficient (Wildman–Crippen LogP) is 6.73. The number of benzene rings is 3. The molecule has 0 saturated carbocycles. The number of nitrogens with zero attached hydrogens (tertiary/aromatic N) is 2. The molecule has 0 radical (unpaired) electrons. The third kappa shape index (κ3) is 7.23. The second-order valence-electron chi connectivity index (χ2n) is 8.21. The molecule has 0 atom stereocenters. The molecule has 34 heavy (non-hydrogen) atoms. The Morgan fingerprint density at radius 2 is 1.50 bits per heavy atom.